The lowest BCUT2D eigenvalue weighted by molar-refractivity contribution is -0.121. The van der Waals surface area contributed by atoms with Crippen molar-refractivity contribution in [3.05, 3.63) is 96.1 Å². The van der Waals surface area contributed by atoms with E-state index in [1.54, 1.807) is 34.9 Å². The average Bonchev–Trinajstić information content (AvgIpc) is 3.10. The van der Waals surface area contributed by atoms with Crippen molar-refractivity contribution < 1.29 is 17.6 Å². The van der Waals surface area contributed by atoms with Crippen molar-refractivity contribution in [2.45, 2.75) is 23.6 Å². The number of rotatable bonds is 7. The number of fused-ring (bicyclic) bond motifs is 1. The molecule has 0 spiro atoms. The molecule has 4 aromatic rings. The van der Waals surface area contributed by atoms with Gasteiger partial charge in [-0.3, -0.25) is 4.79 Å². The van der Waals surface area contributed by atoms with Crippen molar-refractivity contribution in [3.63, 3.8) is 0 Å². The number of aryl methyl sites for hydroxylation is 1. The van der Waals surface area contributed by atoms with Crippen LogP contribution in [0.4, 0.5) is 4.39 Å². The highest BCUT2D eigenvalue weighted by Crippen LogP contribution is 2.28. The SMILES string of the molecule is Cc1nc2ccccc2n1CC(=O)NCC(c1ccccc1)S(=O)(=O)c1ccc(F)cc1. The summed E-state index contributed by atoms with van der Waals surface area (Å²) in [5.74, 6) is -0.150. The summed E-state index contributed by atoms with van der Waals surface area (Å²) in [5.41, 5.74) is 2.17. The zero-order chi connectivity index (χ0) is 22.7. The van der Waals surface area contributed by atoms with Crippen LogP contribution in [-0.4, -0.2) is 30.4 Å². The lowest BCUT2D eigenvalue weighted by Crippen LogP contribution is -2.34. The fourth-order valence-corrected chi connectivity index (χ4v) is 5.33. The second kappa shape index (κ2) is 8.92. The third kappa shape index (κ3) is 4.40. The Kier molecular flexibility index (Phi) is 6.05. The molecule has 0 saturated carbocycles. The highest BCUT2D eigenvalue weighted by Gasteiger charge is 2.29. The third-order valence-corrected chi connectivity index (χ3v) is 7.44. The Morgan fingerprint density at radius 3 is 2.38 bits per heavy atom. The maximum absolute atomic E-state index is 13.3. The molecule has 32 heavy (non-hydrogen) atoms. The molecule has 0 fully saturated rings. The van der Waals surface area contributed by atoms with Gasteiger partial charge in [-0.05, 0) is 48.9 Å². The minimum absolute atomic E-state index is 0.00144. The maximum atomic E-state index is 13.3. The van der Waals surface area contributed by atoms with Crippen LogP contribution >= 0.6 is 0 Å². The molecule has 1 atom stereocenters. The van der Waals surface area contributed by atoms with Crippen LogP contribution in [0.1, 0.15) is 16.6 Å². The Hall–Kier alpha value is -3.52. The van der Waals surface area contributed by atoms with Crippen LogP contribution in [0.15, 0.2) is 83.8 Å². The smallest absolute Gasteiger partial charge is 0.240 e. The number of carbonyl (C=O) groups is 1. The number of hydrogen-bond acceptors (Lipinski definition) is 4. The average molecular weight is 452 g/mol. The van der Waals surface area contributed by atoms with E-state index in [0.717, 1.165) is 23.2 Å². The van der Waals surface area contributed by atoms with Gasteiger partial charge in [0.05, 0.1) is 15.9 Å². The Balaban J connectivity index is 1.57. The molecule has 0 aliphatic heterocycles. The summed E-state index contributed by atoms with van der Waals surface area (Å²) in [4.78, 5) is 17.2. The highest BCUT2D eigenvalue weighted by atomic mass is 32.2. The van der Waals surface area contributed by atoms with E-state index in [-0.39, 0.29) is 23.9 Å². The lowest BCUT2D eigenvalue weighted by atomic mass is 10.1. The van der Waals surface area contributed by atoms with Gasteiger partial charge < -0.3 is 9.88 Å². The monoisotopic (exact) mass is 451 g/mol. The van der Waals surface area contributed by atoms with Crippen molar-refractivity contribution in [2.75, 3.05) is 6.54 Å². The molecule has 1 aromatic heterocycles. The molecule has 164 valence electrons. The molecular weight excluding hydrogens is 429 g/mol. The second-order valence-corrected chi connectivity index (χ2v) is 9.57. The zero-order valence-electron chi connectivity index (χ0n) is 17.4. The van der Waals surface area contributed by atoms with Crippen molar-refractivity contribution in [1.82, 2.24) is 14.9 Å². The molecule has 0 radical (unpaired) electrons. The molecule has 1 unspecified atom stereocenters. The van der Waals surface area contributed by atoms with Gasteiger partial charge in [0.2, 0.25) is 5.91 Å². The van der Waals surface area contributed by atoms with E-state index >= 15 is 0 Å². The van der Waals surface area contributed by atoms with Crippen molar-refractivity contribution in [3.8, 4) is 0 Å². The predicted molar refractivity (Wildman–Crippen MR) is 120 cm³/mol. The van der Waals surface area contributed by atoms with Gasteiger partial charge in [0.15, 0.2) is 9.84 Å². The van der Waals surface area contributed by atoms with Gasteiger partial charge in [-0.1, -0.05) is 42.5 Å². The largest absolute Gasteiger partial charge is 0.353 e. The van der Waals surface area contributed by atoms with Crippen molar-refractivity contribution in [1.29, 1.82) is 0 Å². The summed E-state index contributed by atoms with van der Waals surface area (Å²) in [7, 11) is -3.87. The van der Waals surface area contributed by atoms with E-state index in [1.165, 1.54) is 12.1 Å². The number of sulfone groups is 1. The first kappa shape index (κ1) is 21.7. The minimum atomic E-state index is -3.87. The molecule has 6 nitrogen and oxygen atoms in total. The number of imidazole rings is 1. The number of nitrogens with one attached hydrogen (secondary N) is 1. The molecule has 1 N–H and O–H groups in total. The predicted octanol–water partition coefficient (Wildman–Crippen LogP) is 3.82. The first-order valence-electron chi connectivity index (χ1n) is 10.1. The number of amides is 1. The molecule has 0 saturated heterocycles. The van der Waals surface area contributed by atoms with Crippen LogP contribution in [0.2, 0.25) is 0 Å². The molecule has 0 bridgehead atoms. The second-order valence-electron chi connectivity index (χ2n) is 7.44. The molecular formula is C24H22FN3O3S. The van der Waals surface area contributed by atoms with E-state index < -0.39 is 20.9 Å². The van der Waals surface area contributed by atoms with Gasteiger partial charge in [0, 0.05) is 6.54 Å². The summed E-state index contributed by atoms with van der Waals surface area (Å²) >= 11 is 0. The molecule has 4 rings (SSSR count). The number of nitrogens with zero attached hydrogens (tertiary/aromatic N) is 2. The van der Waals surface area contributed by atoms with E-state index in [1.807, 2.05) is 31.2 Å². The van der Waals surface area contributed by atoms with Crippen LogP contribution < -0.4 is 5.32 Å². The van der Waals surface area contributed by atoms with Crippen LogP contribution in [0.25, 0.3) is 11.0 Å². The van der Waals surface area contributed by atoms with Crippen LogP contribution in [0.3, 0.4) is 0 Å². The molecule has 1 heterocycles. The third-order valence-electron chi connectivity index (χ3n) is 5.32. The summed E-state index contributed by atoms with van der Waals surface area (Å²) in [5, 5.41) is 1.74. The van der Waals surface area contributed by atoms with E-state index in [4.69, 9.17) is 0 Å². The molecule has 0 aliphatic rings. The van der Waals surface area contributed by atoms with Gasteiger partial charge in [0.1, 0.15) is 23.4 Å². The van der Waals surface area contributed by atoms with Gasteiger partial charge in [-0.25, -0.2) is 17.8 Å². The van der Waals surface area contributed by atoms with Crippen LogP contribution in [0, 0.1) is 12.7 Å². The summed E-state index contributed by atoms with van der Waals surface area (Å²) in [6.07, 6.45) is 0. The molecule has 3 aromatic carbocycles. The fraction of sp³-hybridized carbons (Fsp3) is 0.167. The number of hydrogen-bond donors (Lipinski definition) is 1. The lowest BCUT2D eigenvalue weighted by Gasteiger charge is -2.19. The Morgan fingerprint density at radius 2 is 1.66 bits per heavy atom. The molecule has 8 heteroatoms. The first-order chi connectivity index (χ1) is 15.4. The van der Waals surface area contributed by atoms with E-state index in [2.05, 4.69) is 10.3 Å². The maximum Gasteiger partial charge on any atom is 0.240 e. The van der Waals surface area contributed by atoms with Crippen LogP contribution in [0.5, 0.6) is 0 Å². The Bertz CT molecular complexity index is 1350. The zero-order valence-corrected chi connectivity index (χ0v) is 18.2. The summed E-state index contributed by atoms with van der Waals surface area (Å²) in [6, 6.07) is 20.9. The Morgan fingerprint density at radius 1 is 1.00 bits per heavy atom. The topological polar surface area (TPSA) is 81.1 Å². The van der Waals surface area contributed by atoms with Crippen molar-refractivity contribution >= 4 is 26.8 Å². The first-order valence-corrected chi connectivity index (χ1v) is 11.6. The van der Waals surface area contributed by atoms with Crippen LogP contribution in [-0.2, 0) is 21.2 Å². The normalized spacial score (nSPS) is 12.6. The number of benzene rings is 3. The van der Waals surface area contributed by atoms with E-state index in [0.29, 0.717) is 11.4 Å². The highest BCUT2D eigenvalue weighted by molar-refractivity contribution is 7.91. The fourth-order valence-electron chi connectivity index (χ4n) is 3.66. The van der Waals surface area contributed by atoms with Gasteiger partial charge in [-0.2, -0.15) is 0 Å². The number of halogens is 1. The quantitative estimate of drug-likeness (QED) is 0.433. The molecule has 1 amide bonds. The summed E-state index contributed by atoms with van der Waals surface area (Å²) < 4.78 is 41.7. The molecule has 0 aliphatic carbocycles. The minimum Gasteiger partial charge on any atom is -0.353 e. The van der Waals surface area contributed by atoms with Gasteiger partial charge >= 0.3 is 0 Å². The number of para-hydroxylation sites is 2. The number of aromatic nitrogens is 2. The summed E-state index contributed by atoms with van der Waals surface area (Å²) in [6.45, 7) is 1.72. The standard InChI is InChI=1S/C24H22FN3O3S/c1-17-27-21-9-5-6-10-22(21)28(17)16-24(29)26-15-23(18-7-3-2-4-8-18)32(30,31)20-13-11-19(25)12-14-20/h2-14,23H,15-16H2,1H3,(H,26,29). The van der Waals surface area contributed by atoms with Crippen molar-refractivity contribution in [2.24, 2.45) is 0 Å². The number of carbonyl (C=O) groups excluding carboxylic acids is 1. The van der Waals surface area contributed by atoms with Gasteiger partial charge in [-0.15, -0.1) is 0 Å². The van der Waals surface area contributed by atoms with Gasteiger partial charge in [0.25, 0.3) is 0 Å². The Labute approximate surface area is 185 Å². The van der Waals surface area contributed by atoms with E-state index in [9.17, 15) is 17.6 Å².